The highest BCUT2D eigenvalue weighted by atomic mass is 32.1. The number of aromatic nitrogens is 2. The molecule has 1 aromatic carbocycles. The second-order valence-corrected chi connectivity index (χ2v) is 10.2. The number of nitrogens with zero attached hydrogens (tertiary/aromatic N) is 2. The van der Waals surface area contributed by atoms with Crippen molar-refractivity contribution in [1.29, 1.82) is 0 Å². The average Bonchev–Trinajstić information content (AvgIpc) is 3.59. The summed E-state index contributed by atoms with van der Waals surface area (Å²) in [6.45, 7) is 1.78. The molecule has 1 atom stereocenters. The first-order chi connectivity index (χ1) is 17.7. The lowest BCUT2D eigenvalue weighted by Crippen LogP contribution is -2.29. The lowest BCUT2D eigenvalue weighted by atomic mass is 9.90. The normalized spacial score (nSPS) is 17.8. The Labute approximate surface area is 215 Å². The number of rotatable bonds is 8. The quantitative estimate of drug-likeness (QED) is 0.316. The molecule has 11 heteroatoms. The van der Waals surface area contributed by atoms with E-state index in [1.165, 1.54) is 6.08 Å². The van der Waals surface area contributed by atoms with Crippen molar-refractivity contribution in [3.8, 4) is 0 Å². The molecule has 1 unspecified atom stereocenters. The Hall–Kier alpha value is -3.44. The minimum atomic E-state index is -4.58. The number of aryl methyl sites for hydroxylation is 1. The van der Waals surface area contributed by atoms with Crippen LogP contribution in [0.1, 0.15) is 40.7 Å². The molecule has 194 valence electrons. The molecule has 7 nitrogen and oxygen atoms in total. The lowest BCUT2D eigenvalue weighted by Gasteiger charge is -2.24. The van der Waals surface area contributed by atoms with Crippen LogP contribution < -0.4 is 16.0 Å². The fourth-order valence-corrected chi connectivity index (χ4v) is 5.18. The molecule has 1 saturated carbocycles. The number of carbonyl (C=O) groups is 1. The second kappa shape index (κ2) is 10.1. The van der Waals surface area contributed by atoms with Crippen LogP contribution in [0.25, 0.3) is 10.2 Å². The van der Waals surface area contributed by atoms with Gasteiger partial charge in [-0.3, -0.25) is 4.79 Å². The molecule has 2 aliphatic rings. The van der Waals surface area contributed by atoms with E-state index in [2.05, 4.69) is 25.9 Å². The van der Waals surface area contributed by atoms with E-state index in [0.29, 0.717) is 18.2 Å². The van der Waals surface area contributed by atoms with E-state index in [4.69, 9.17) is 0 Å². The van der Waals surface area contributed by atoms with Crippen molar-refractivity contribution in [2.24, 2.45) is 5.92 Å². The van der Waals surface area contributed by atoms with Crippen LogP contribution in [0.5, 0.6) is 0 Å². The van der Waals surface area contributed by atoms with E-state index in [0.717, 1.165) is 51.8 Å². The summed E-state index contributed by atoms with van der Waals surface area (Å²) in [5.74, 6) is -0.697. The monoisotopic (exact) mass is 529 g/mol. The average molecular weight is 530 g/mol. The standard InChI is InChI=1S/C26H26F3N5O2S/c1-14-2-3-15(25(36)34-19-5-4-16(11-35)20(9-19)26(27,28)29)8-21(14)30-10-17-12-37-23-22(17)31-13-32-24(23)33-18-6-7-18/h2-3,5,8-9,12-13,16,18,30,35H,4,6-7,10-11H2,1H3,(H,34,36)(H,31,32,33). The number of allylic oxidation sites excluding steroid dienone is 2. The minimum absolute atomic E-state index is 0.00575. The van der Waals surface area contributed by atoms with Gasteiger partial charge in [0.05, 0.1) is 16.8 Å². The van der Waals surface area contributed by atoms with Crippen LogP contribution in [0.3, 0.4) is 0 Å². The molecular formula is C26H26F3N5O2S. The summed E-state index contributed by atoms with van der Waals surface area (Å²) in [5.41, 5.74) is 3.07. The maximum atomic E-state index is 13.4. The number of benzene rings is 1. The van der Waals surface area contributed by atoms with Crippen LogP contribution in [0.15, 0.2) is 53.3 Å². The lowest BCUT2D eigenvalue weighted by molar-refractivity contribution is -0.101. The van der Waals surface area contributed by atoms with Crippen LogP contribution in [-0.4, -0.2) is 39.8 Å². The predicted octanol–water partition coefficient (Wildman–Crippen LogP) is 5.30. The number of carbonyl (C=O) groups excluding carboxylic acids is 1. The van der Waals surface area contributed by atoms with Gasteiger partial charge in [-0.05, 0) is 55.3 Å². The molecule has 37 heavy (non-hydrogen) atoms. The van der Waals surface area contributed by atoms with Gasteiger partial charge in [0.1, 0.15) is 12.1 Å². The molecule has 0 spiro atoms. The van der Waals surface area contributed by atoms with Crippen LogP contribution in [0.2, 0.25) is 0 Å². The molecule has 0 bridgehead atoms. The highest BCUT2D eigenvalue weighted by molar-refractivity contribution is 7.18. The van der Waals surface area contributed by atoms with E-state index >= 15 is 0 Å². The van der Waals surface area contributed by atoms with Gasteiger partial charge >= 0.3 is 6.18 Å². The number of thiophene rings is 1. The van der Waals surface area contributed by atoms with Gasteiger partial charge < -0.3 is 21.1 Å². The van der Waals surface area contributed by atoms with Gasteiger partial charge in [-0.1, -0.05) is 12.1 Å². The molecule has 2 aromatic heterocycles. The maximum absolute atomic E-state index is 13.4. The van der Waals surface area contributed by atoms with Crippen molar-refractivity contribution in [2.75, 3.05) is 17.2 Å². The zero-order valence-corrected chi connectivity index (χ0v) is 20.8. The zero-order valence-electron chi connectivity index (χ0n) is 20.0. The molecular weight excluding hydrogens is 503 g/mol. The Morgan fingerprint density at radius 3 is 2.78 bits per heavy atom. The van der Waals surface area contributed by atoms with Gasteiger partial charge in [0.25, 0.3) is 5.91 Å². The van der Waals surface area contributed by atoms with Crippen molar-refractivity contribution in [1.82, 2.24) is 15.3 Å². The third-order valence-electron chi connectivity index (χ3n) is 6.49. The molecule has 1 fully saturated rings. The summed E-state index contributed by atoms with van der Waals surface area (Å²) < 4.78 is 41.1. The van der Waals surface area contributed by atoms with Gasteiger partial charge in [0.15, 0.2) is 0 Å². The molecule has 0 saturated heterocycles. The van der Waals surface area contributed by atoms with E-state index in [-0.39, 0.29) is 12.1 Å². The number of alkyl halides is 3. The van der Waals surface area contributed by atoms with Crippen molar-refractivity contribution < 1.29 is 23.1 Å². The molecule has 3 aromatic rings. The smallest absolute Gasteiger partial charge is 0.396 e. The first-order valence-electron chi connectivity index (χ1n) is 12.0. The van der Waals surface area contributed by atoms with E-state index in [1.807, 2.05) is 12.3 Å². The predicted molar refractivity (Wildman–Crippen MR) is 137 cm³/mol. The van der Waals surface area contributed by atoms with Crippen molar-refractivity contribution in [2.45, 2.75) is 44.9 Å². The molecule has 0 aliphatic heterocycles. The highest BCUT2D eigenvalue weighted by Gasteiger charge is 2.39. The summed E-state index contributed by atoms with van der Waals surface area (Å²) >= 11 is 1.58. The molecule has 0 radical (unpaired) electrons. The summed E-state index contributed by atoms with van der Waals surface area (Å²) in [7, 11) is 0. The van der Waals surface area contributed by atoms with Crippen LogP contribution in [-0.2, 0) is 6.54 Å². The van der Waals surface area contributed by atoms with Crippen molar-refractivity contribution in [3.63, 3.8) is 0 Å². The topological polar surface area (TPSA) is 99.2 Å². The van der Waals surface area contributed by atoms with E-state index in [1.54, 1.807) is 35.9 Å². The summed E-state index contributed by atoms with van der Waals surface area (Å²) in [6, 6.07) is 5.58. The third kappa shape index (κ3) is 5.62. The Morgan fingerprint density at radius 1 is 1.24 bits per heavy atom. The van der Waals surface area contributed by atoms with Crippen LogP contribution in [0, 0.1) is 12.8 Å². The van der Waals surface area contributed by atoms with Gasteiger partial charge in [-0.2, -0.15) is 13.2 Å². The van der Waals surface area contributed by atoms with Crippen LogP contribution in [0.4, 0.5) is 24.7 Å². The van der Waals surface area contributed by atoms with E-state index in [9.17, 15) is 23.1 Å². The minimum Gasteiger partial charge on any atom is -0.396 e. The Balaban J connectivity index is 1.29. The molecule has 1 amide bonds. The summed E-state index contributed by atoms with van der Waals surface area (Å²) in [4.78, 5) is 21.7. The molecule has 5 rings (SSSR count). The maximum Gasteiger partial charge on any atom is 0.413 e. The van der Waals surface area contributed by atoms with Crippen molar-refractivity contribution in [3.05, 3.63) is 70.0 Å². The number of anilines is 2. The fourth-order valence-electron chi connectivity index (χ4n) is 4.21. The zero-order chi connectivity index (χ0) is 26.2. The number of halogens is 3. The van der Waals surface area contributed by atoms with Gasteiger partial charge in [-0.15, -0.1) is 11.3 Å². The van der Waals surface area contributed by atoms with Crippen LogP contribution >= 0.6 is 11.3 Å². The third-order valence-corrected chi connectivity index (χ3v) is 7.52. The number of hydrogen-bond acceptors (Lipinski definition) is 7. The summed E-state index contributed by atoms with van der Waals surface area (Å²) in [6.07, 6.45) is 1.66. The van der Waals surface area contributed by atoms with Gasteiger partial charge in [-0.25, -0.2) is 9.97 Å². The molecule has 2 aliphatic carbocycles. The van der Waals surface area contributed by atoms with Gasteiger partial charge in [0, 0.05) is 46.6 Å². The highest BCUT2D eigenvalue weighted by Crippen LogP contribution is 2.36. The Kier molecular flexibility index (Phi) is 6.91. The van der Waals surface area contributed by atoms with Gasteiger partial charge in [0.2, 0.25) is 0 Å². The number of aliphatic hydroxyl groups is 1. The Morgan fingerprint density at radius 2 is 2.05 bits per heavy atom. The van der Waals surface area contributed by atoms with Crippen molar-refractivity contribution >= 4 is 39.0 Å². The number of fused-ring (bicyclic) bond motifs is 1. The SMILES string of the molecule is Cc1ccc(C(=O)NC2=CCC(CO)C(C(F)(F)F)=C2)cc1NCc1csc2c(NC3CC3)ncnc12. The fraction of sp³-hybridized carbons (Fsp3) is 0.346. The largest absolute Gasteiger partial charge is 0.413 e. The number of amides is 1. The number of nitrogens with one attached hydrogen (secondary N) is 3. The second-order valence-electron chi connectivity index (χ2n) is 9.29. The Bertz CT molecular complexity index is 1390. The number of aliphatic hydroxyl groups excluding tert-OH is 1. The summed E-state index contributed by atoms with van der Waals surface area (Å²) in [5, 5.41) is 20.7. The first kappa shape index (κ1) is 25.2. The van der Waals surface area contributed by atoms with E-state index < -0.39 is 30.2 Å². The molecule has 2 heterocycles. The first-order valence-corrected chi connectivity index (χ1v) is 12.8. The molecule has 4 N–H and O–H groups in total. The number of hydrogen-bond donors (Lipinski definition) is 4.